The van der Waals surface area contributed by atoms with Crippen molar-refractivity contribution in [2.45, 2.75) is 57.1 Å². The Bertz CT molecular complexity index is 1620. The van der Waals surface area contributed by atoms with Crippen LogP contribution in [0.4, 0.5) is 5.69 Å². The van der Waals surface area contributed by atoms with E-state index in [0.29, 0.717) is 18.5 Å². The number of benzene rings is 3. The molecule has 10 heteroatoms. The van der Waals surface area contributed by atoms with Gasteiger partial charge in [-0.3, -0.25) is 9.59 Å². The third-order valence-electron chi connectivity index (χ3n) is 7.20. The molecule has 0 saturated carbocycles. The maximum Gasteiger partial charge on any atom is 0.243 e. The maximum absolute atomic E-state index is 13.7. The molecular weight excluding hydrogens is 564 g/mol. The highest BCUT2D eigenvalue weighted by Gasteiger charge is 2.31. The average Bonchev–Trinajstić information content (AvgIpc) is 3.37. The summed E-state index contributed by atoms with van der Waals surface area (Å²) in [5.74, 6) is -0.526. The number of H-pyrrole nitrogens is 1. The summed E-state index contributed by atoms with van der Waals surface area (Å²) in [7, 11) is -3.99. The number of nitrogens with one attached hydrogen (secondary N) is 3. The predicted molar refractivity (Wildman–Crippen MR) is 169 cm³/mol. The Hall–Kier alpha value is -3.99. The summed E-state index contributed by atoms with van der Waals surface area (Å²) in [5.41, 5.74) is 3.32. The molecule has 0 aliphatic rings. The number of aliphatic hydroxyl groups excluding tert-OH is 1. The molecule has 1 heterocycles. The standard InChI is InChI=1S/C33H40N4O5S/c1-23(2)21-37(43(41,42)28-16-14-27(15-17-28)35-24(3)38)22-32(39)31(18-13-25-9-5-4-6-10-25)36-33(40)19-26-20-34-30-12-8-7-11-29(26)30/h4-12,14-17,20,23,31-32,34,39H,13,18-19,21-22H2,1-3H3,(H,35,38)(H,36,40)/t31-,32+/m0/s1. The molecule has 3 aromatic carbocycles. The highest BCUT2D eigenvalue weighted by atomic mass is 32.2. The Labute approximate surface area is 253 Å². The van der Waals surface area contributed by atoms with Crippen molar-refractivity contribution < 1.29 is 23.1 Å². The van der Waals surface area contributed by atoms with Gasteiger partial charge in [-0.25, -0.2) is 8.42 Å². The van der Waals surface area contributed by atoms with Crippen LogP contribution in [0.3, 0.4) is 0 Å². The van der Waals surface area contributed by atoms with Crippen molar-refractivity contribution in [2.24, 2.45) is 5.92 Å². The molecular formula is C33H40N4O5S. The van der Waals surface area contributed by atoms with Crippen molar-refractivity contribution in [3.05, 3.63) is 96.2 Å². The van der Waals surface area contributed by atoms with Crippen molar-refractivity contribution in [1.82, 2.24) is 14.6 Å². The van der Waals surface area contributed by atoms with E-state index >= 15 is 0 Å². The summed E-state index contributed by atoms with van der Waals surface area (Å²) in [6.07, 6.45) is 1.78. The number of aromatic nitrogens is 1. The molecule has 4 aromatic rings. The second-order valence-electron chi connectivity index (χ2n) is 11.2. The van der Waals surface area contributed by atoms with Gasteiger partial charge >= 0.3 is 0 Å². The van der Waals surface area contributed by atoms with Gasteiger partial charge in [0, 0.05) is 42.8 Å². The molecule has 228 valence electrons. The number of amides is 2. The normalized spacial score (nSPS) is 13.3. The van der Waals surface area contributed by atoms with Gasteiger partial charge in [-0.15, -0.1) is 0 Å². The first-order chi connectivity index (χ1) is 20.5. The second kappa shape index (κ2) is 14.5. The molecule has 4 N–H and O–H groups in total. The van der Waals surface area contributed by atoms with Crippen molar-refractivity contribution in [3.63, 3.8) is 0 Å². The van der Waals surface area contributed by atoms with Crippen LogP contribution in [0.2, 0.25) is 0 Å². The van der Waals surface area contributed by atoms with E-state index in [0.717, 1.165) is 22.0 Å². The van der Waals surface area contributed by atoms with E-state index < -0.39 is 22.2 Å². The molecule has 43 heavy (non-hydrogen) atoms. The third kappa shape index (κ3) is 8.76. The first kappa shape index (κ1) is 31.9. The lowest BCUT2D eigenvalue weighted by Crippen LogP contribution is -2.50. The molecule has 0 unspecified atom stereocenters. The Morgan fingerprint density at radius 2 is 1.60 bits per heavy atom. The fraction of sp³-hybridized carbons (Fsp3) is 0.333. The van der Waals surface area contributed by atoms with Gasteiger partial charge in [-0.1, -0.05) is 62.4 Å². The Morgan fingerprint density at radius 3 is 2.28 bits per heavy atom. The Kier molecular flexibility index (Phi) is 10.7. The summed E-state index contributed by atoms with van der Waals surface area (Å²) < 4.78 is 28.7. The van der Waals surface area contributed by atoms with Crippen LogP contribution in [0, 0.1) is 5.92 Å². The number of carbonyl (C=O) groups is 2. The summed E-state index contributed by atoms with van der Waals surface area (Å²) in [6, 6.07) is 22.8. The number of para-hydroxylation sites is 1. The first-order valence-corrected chi connectivity index (χ1v) is 15.9. The number of sulfonamides is 1. The van der Waals surface area contributed by atoms with Gasteiger partial charge in [0.15, 0.2) is 0 Å². The van der Waals surface area contributed by atoms with Crippen LogP contribution in [0.15, 0.2) is 90.0 Å². The van der Waals surface area contributed by atoms with Gasteiger partial charge in [-0.05, 0) is 60.2 Å². The van der Waals surface area contributed by atoms with Crippen LogP contribution >= 0.6 is 0 Å². The number of aryl methyl sites for hydroxylation is 1. The van der Waals surface area contributed by atoms with Crippen molar-refractivity contribution in [2.75, 3.05) is 18.4 Å². The third-order valence-corrected chi connectivity index (χ3v) is 9.04. The molecule has 9 nitrogen and oxygen atoms in total. The van der Waals surface area contributed by atoms with E-state index in [1.165, 1.54) is 35.5 Å². The maximum atomic E-state index is 13.7. The van der Waals surface area contributed by atoms with Gasteiger partial charge in [0.2, 0.25) is 21.8 Å². The van der Waals surface area contributed by atoms with E-state index in [1.54, 1.807) is 0 Å². The highest BCUT2D eigenvalue weighted by molar-refractivity contribution is 7.89. The fourth-order valence-corrected chi connectivity index (χ4v) is 6.73. The van der Waals surface area contributed by atoms with Gasteiger partial charge in [-0.2, -0.15) is 4.31 Å². The molecule has 0 spiro atoms. The lowest BCUT2D eigenvalue weighted by Gasteiger charge is -2.31. The molecule has 0 aliphatic carbocycles. The van der Waals surface area contributed by atoms with Gasteiger partial charge in [0.05, 0.1) is 23.5 Å². The number of aromatic amines is 1. The molecule has 1 aromatic heterocycles. The number of fused-ring (bicyclic) bond motifs is 1. The minimum atomic E-state index is -3.99. The van der Waals surface area contributed by atoms with E-state index in [1.807, 2.05) is 74.6 Å². The topological polar surface area (TPSA) is 132 Å². The molecule has 0 saturated heterocycles. The number of anilines is 1. The SMILES string of the molecule is CC(=O)Nc1ccc(S(=O)(=O)N(CC(C)C)C[C@@H](O)[C@H](CCc2ccccc2)NC(=O)Cc2c[nH]c3ccccc23)cc1. The number of aliphatic hydroxyl groups is 1. The minimum absolute atomic E-state index is 0.0140. The summed E-state index contributed by atoms with van der Waals surface area (Å²) in [4.78, 5) is 27.9. The highest BCUT2D eigenvalue weighted by Crippen LogP contribution is 2.22. The minimum Gasteiger partial charge on any atom is -0.390 e. The van der Waals surface area contributed by atoms with E-state index in [9.17, 15) is 23.1 Å². The van der Waals surface area contributed by atoms with Gasteiger partial charge in [0.25, 0.3) is 0 Å². The zero-order valence-electron chi connectivity index (χ0n) is 24.8. The van der Waals surface area contributed by atoms with Crippen LogP contribution in [-0.4, -0.2) is 59.9 Å². The van der Waals surface area contributed by atoms with Crippen molar-refractivity contribution in [3.8, 4) is 0 Å². The molecule has 0 fully saturated rings. The predicted octanol–water partition coefficient (Wildman–Crippen LogP) is 4.49. The van der Waals surface area contributed by atoms with E-state index in [-0.39, 0.29) is 42.1 Å². The fourth-order valence-electron chi connectivity index (χ4n) is 5.11. The Balaban J connectivity index is 1.54. The molecule has 0 aliphatic heterocycles. The molecule has 2 atom stereocenters. The van der Waals surface area contributed by atoms with Crippen LogP contribution in [0.1, 0.15) is 38.3 Å². The molecule has 2 amide bonds. The largest absolute Gasteiger partial charge is 0.390 e. The number of nitrogens with zero attached hydrogens (tertiary/aromatic N) is 1. The van der Waals surface area contributed by atoms with E-state index in [4.69, 9.17) is 0 Å². The Morgan fingerprint density at radius 1 is 0.930 bits per heavy atom. The number of rotatable bonds is 14. The molecule has 0 radical (unpaired) electrons. The zero-order chi connectivity index (χ0) is 31.0. The second-order valence-corrected chi connectivity index (χ2v) is 13.2. The van der Waals surface area contributed by atoms with Crippen molar-refractivity contribution in [1.29, 1.82) is 0 Å². The van der Waals surface area contributed by atoms with Crippen LogP contribution in [0.5, 0.6) is 0 Å². The summed E-state index contributed by atoms with van der Waals surface area (Å²) >= 11 is 0. The molecule has 4 rings (SSSR count). The monoisotopic (exact) mass is 604 g/mol. The summed E-state index contributed by atoms with van der Waals surface area (Å²) in [5, 5.41) is 18.1. The lowest BCUT2D eigenvalue weighted by molar-refractivity contribution is -0.122. The van der Waals surface area contributed by atoms with E-state index in [2.05, 4.69) is 15.6 Å². The number of hydrogen-bond donors (Lipinski definition) is 4. The lowest BCUT2D eigenvalue weighted by atomic mass is 10.00. The van der Waals surface area contributed by atoms with Crippen LogP contribution in [-0.2, 0) is 32.5 Å². The number of hydrogen-bond acceptors (Lipinski definition) is 5. The van der Waals surface area contributed by atoms with Crippen molar-refractivity contribution >= 4 is 38.4 Å². The van der Waals surface area contributed by atoms with Gasteiger partial charge < -0.3 is 20.7 Å². The number of carbonyl (C=O) groups excluding carboxylic acids is 2. The molecule has 0 bridgehead atoms. The quantitative estimate of drug-likeness (QED) is 0.168. The smallest absolute Gasteiger partial charge is 0.243 e. The average molecular weight is 605 g/mol. The first-order valence-electron chi connectivity index (χ1n) is 14.5. The zero-order valence-corrected chi connectivity index (χ0v) is 25.6. The van der Waals surface area contributed by atoms with Crippen LogP contribution in [0.25, 0.3) is 10.9 Å². The van der Waals surface area contributed by atoms with Crippen LogP contribution < -0.4 is 10.6 Å². The summed E-state index contributed by atoms with van der Waals surface area (Å²) in [6.45, 7) is 5.18. The van der Waals surface area contributed by atoms with Gasteiger partial charge in [0.1, 0.15) is 0 Å².